The van der Waals surface area contributed by atoms with Crippen LogP contribution in [0.3, 0.4) is 0 Å². The number of aliphatic hydroxyl groups is 4. The highest BCUT2D eigenvalue weighted by molar-refractivity contribution is 5.73. The molecule has 168 valence electrons. The van der Waals surface area contributed by atoms with Gasteiger partial charge in [0.25, 0.3) is 0 Å². The maximum Gasteiger partial charge on any atom is 0.308 e. The minimum absolute atomic E-state index is 0.180. The summed E-state index contributed by atoms with van der Waals surface area (Å²) in [6.45, 7) is 0.885. The molecule has 0 amide bonds. The van der Waals surface area contributed by atoms with Crippen molar-refractivity contribution in [3.8, 4) is 0 Å². The van der Waals surface area contributed by atoms with Crippen molar-refractivity contribution in [3.05, 3.63) is 35.9 Å². The molecule has 1 aromatic rings. The number of benzene rings is 1. The van der Waals surface area contributed by atoms with Crippen molar-refractivity contribution < 1.29 is 49.3 Å². The van der Waals surface area contributed by atoms with Crippen LogP contribution in [0.5, 0.6) is 0 Å². The summed E-state index contributed by atoms with van der Waals surface area (Å²) in [5, 5.41) is 48.8. The number of carboxylic acids is 1. The molecule has 0 aromatic heterocycles. The summed E-state index contributed by atoms with van der Waals surface area (Å²) < 4.78 is 15.9. The Morgan fingerprint density at radius 3 is 2.37 bits per heavy atom. The van der Waals surface area contributed by atoms with Gasteiger partial charge < -0.3 is 39.7 Å². The molecule has 0 unspecified atom stereocenters. The van der Waals surface area contributed by atoms with Crippen LogP contribution in [0, 0.1) is 0 Å². The number of aliphatic hydroxyl groups excluding tert-OH is 3. The Bertz CT molecular complexity index is 692. The van der Waals surface area contributed by atoms with Crippen molar-refractivity contribution in [2.75, 3.05) is 13.2 Å². The lowest BCUT2D eigenvalue weighted by Crippen LogP contribution is -2.59. The third kappa shape index (κ3) is 7.31. The molecule has 1 aliphatic heterocycles. The molecule has 1 fully saturated rings. The lowest BCUT2D eigenvalue weighted by Gasteiger charge is -2.40. The van der Waals surface area contributed by atoms with E-state index in [-0.39, 0.29) is 6.61 Å². The van der Waals surface area contributed by atoms with Crippen LogP contribution in [0.15, 0.2) is 30.3 Å². The van der Waals surface area contributed by atoms with E-state index in [2.05, 4.69) is 0 Å². The average molecular weight is 428 g/mol. The minimum Gasteiger partial charge on any atom is -0.481 e. The third-order valence-electron chi connectivity index (χ3n) is 4.65. The van der Waals surface area contributed by atoms with Crippen molar-refractivity contribution in [2.45, 2.75) is 62.5 Å². The fourth-order valence-electron chi connectivity index (χ4n) is 3.05. The first kappa shape index (κ1) is 24.2. The molecule has 0 saturated carbocycles. The van der Waals surface area contributed by atoms with Gasteiger partial charge in [-0.1, -0.05) is 30.3 Å². The maximum absolute atomic E-state index is 11.9. The molecule has 10 heteroatoms. The zero-order valence-electron chi connectivity index (χ0n) is 16.6. The van der Waals surface area contributed by atoms with E-state index in [4.69, 9.17) is 19.3 Å². The molecule has 1 heterocycles. The highest BCUT2D eigenvalue weighted by Gasteiger charge is 2.45. The Morgan fingerprint density at radius 1 is 1.07 bits per heavy atom. The van der Waals surface area contributed by atoms with Crippen molar-refractivity contribution >= 4 is 11.9 Å². The number of esters is 1. The van der Waals surface area contributed by atoms with Gasteiger partial charge in [0.15, 0.2) is 6.29 Å². The number of carbonyl (C=O) groups is 2. The van der Waals surface area contributed by atoms with Gasteiger partial charge >= 0.3 is 11.9 Å². The first-order chi connectivity index (χ1) is 14.1. The summed E-state index contributed by atoms with van der Waals surface area (Å²) in [5.74, 6) is -2.18. The fourth-order valence-corrected chi connectivity index (χ4v) is 3.05. The SMILES string of the molecule is C[C@@](O)(CC(=O)O)CC(=O)OC[C@@H]1O[C@@H](OCCc2ccccc2)[C@H](O)[C@@H](O)[C@@H]1O. The minimum atomic E-state index is -1.80. The largest absolute Gasteiger partial charge is 0.481 e. The lowest BCUT2D eigenvalue weighted by molar-refractivity contribution is -0.301. The highest BCUT2D eigenvalue weighted by atomic mass is 16.7. The van der Waals surface area contributed by atoms with Gasteiger partial charge in [0.05, 0.1) is 25.0 Å². The van der Waals surface area contributed by atoms with Crippen LogP contribution in [-0.4, -0.2) is 87.0 Å². The number of aliphatic carboxylic acids is 1. The summed E-state index contributed by atoms with van der Waals surface area (Å²) in [6, 6.07) is 9.44. The summed E-state index contributed by atoms with van der Waals surface area (Å²) in [7, 11) is 0. The molecule has 30 heavy (non-hydrogen) atoms. The molecule has 10 nitrogen and oxygen atoms in total. The van der Waals surface area contributed by atoms with E-state index < -0.39 is 67.7 Å². The quantitative estimate of drug-likeness (QED) is 0.299. The van der Waals surface area contributed by atoms with Crippen LogP contribution < -0.4 is 0 Å². The predicted molar refractivity (Wildman–Crippen MR) is 101 cm³/mol. The van der Waals surface area contributed by atoms with E-state index in [0.29, 0.717) is 6.42 Å². The maximum atomic E-state index is 11.9. The van der Waals surface area contributed by atoms with Gasteiger partial charge in [-0.2, -0.15) is 0 Å². The predicted octanol–water partition coefficient (Wildman–Crippen LogP) is -0.788. The molecule has 1 aromatic carbocycles. The Morgan fingerprint density at radius 2 is 1.73 bits per heavy atom. The smallest absolute Gasteiger partial charge is 0.308 e. The van der Waals surface area contributed by atoms with Gasteiger partial charge in [-0.15, -0.1) is 0 Å². The molecule has 1 saturated heterocycles. The Kier molecular flexibility index (Phi) is 8.71. The number of hydrogen-bond acceptors (Lipinski definition) is 9. The van der Waals surface area contributed by atoms with Crippen molar-refractivity contribution in [3.63, 3.8) is 0 Å². The van der Waals surface area contributed by atoms with Crippen molar-refractivity contribution in [1.29, 1.82) is 0 Å². The number of carbonyl (C=O) groups excluding carboxylic acids is 1. The second-order valence-corrected chi connectivity index (χ2v) is 7.55. The first-order valence-corrected chi connectivity index (χ1v) is 9.54. The van der Waals surface area contributed by atoms with Crippen LogP contribution >= 0.6 is 0 Å². The molecular formula is C20H28O10. The number of rotatable bonds is 10. The number of ether oxygens (including phenoxy) is 3. The molecule has 0 bridgehead atoms. The monoisotopic (exact) mass is 428 g/mol. The van der Waals surface area contributed by atoms with E-state index in [1.807, 2.05) is 30.3 Å². The van der Waals surface area contributed by atoms with Crippen LogP contribution in [0.25, 0.3) is 0 Å². The Balaban J connectivity index is 1.85. The van der Waals surface area contributed by atoms with Crippen LogP contribution in [-0.2, 0) is 30.2 Å². The molecule has 5 N–H and O–H groups in total. The molecular weight excluding hydrogens is 400 g/mol. The molecule has 6 atom stereocenters. The summed E-state index contributed by atoms with van der Waals surface area (Å²) in [5.41, 5.74) is -0.796. The van der Waals surface area contributed by atoms with Gasteiger partial charge in [-0.05, 0) is 18.9 Å². The van der Waals surface area contributed by atoms with Gasteiger partial charge in [0.2, 0.25) is 0 Å². The molecule has 0 radical (unpaired) electrons. The Labute approximate surface area is 173 Å². The van der Waals surface area contributed by atoms with Gasteiger partial charge in [-0.3, -0.25) is 9.59 Å². The zero-order valence-corrected chi connectivity index (χ0v) is 16.6. The topological polar surface area (TPSA) is 163 Å². The summed E-state index contributed by atoms with van der Waals surface area (Å²) in [4.78, 5) is 22.6. The standard InChI is InChI=1S/C20H28O10/c1-20(27,9-14(21)22)10-15(23)29-11-13-16(24)17(25)18(26)19(30-13)28-8-7-12-5-3-2-4-6-12/h2-6,13,16-19,24-27H,7-11H2,1H3,(H,21,22)/t13-,16+,17-,18+,19+,20+/m0/s1. The Hall–Kier alpha value is -2.08. The number of carboxylic acid groups (broad SMARTS) is 1. The lowest BCUT2D eigenvalue weighted by atomic mass is 9.98. The third-order valence-corrected chi connectivity index (χ3v) is 4.65. The highest BCUT2D eigenvalue weighted by Crippen LogP contribution is 2.23. The molecule has 1 aliphatic rings. The number of hydrogen-bond donors (Lipinski definition) is 5. The van der Waals surface area contributed by atoms with Crippen molar-refractivity contribution in [2.24, 2.45) is 0 Å². The average Bonchev–Trinajstić information content (AvgIpc) is 2.66. The molecule has 0 spiro atoms. The second-order valence-electron chi connectivity index (χ2n) is 7.55. The van der Waals surface area contributed by atoms with Crippen LogP contribution in [0.4, 0.5) is 0 Å². The van der Waals surface area contributed by atoms with Gasteiger partial charge in [-0.25, -0.2) is 0 Å². The van der Waals surface area contributed by atoms with Crippen LogP contribution in [0.2, 0.25) is 0 Å². The summed E-state index contributed by atoms with van der Waals surface area (Å²) >= 11 is 0. The van der Waals surface area contributed by atoms with Crippen molar-refractivity contribution in [1.82, 2.24) is 0 Å². The van der Waals surface area contributed by atoms with E-state index >= 15 is 0 Å². The summed E-state index contributed by atoms with van der Waals surface area (Å²) in [6.07, 6.45) is -7.74. The zero-order chi connectivity index (χ0) is 22.3. The molecule has 0 aliphatic carbocycles. The molecule has 2 rings (SSSR count). The van der Waals surface area contributed by atoms with E-state index in [1.165, 1.54) is 6.92 Å². The normalized spacial score (nSPS) is 28.5. The fraction of sp³-hybridized carbons (Fsp3) is 0.600. The van der Waals surface area contributed by atoms with Gasteiger partial charge in [0.1, 0.15) is 31.0 Å². The van der Waals surface area contributed by atoms with E-state index in [9.17, 15) is 30.0 Å². The second kappa shape index (κ2) is 10.8. The van der Waals surface area contributed by atoms with Gasteiger partial charge in [0, 0.05) is 0 Å². The van der Waals surface area contributed by atoms with Crippen LogP contribution in [0.1, 0.15) is 25.3 Å². The van der Waals surface area contributed by atoms with E-state index in [0.717, 1.165) is 5.56 Å². The van der Waals surface area contributed by atoms with E-state index in [1.54, 1.807) is 0 Å². The first-order valence-electron chi connectivity index (χ1n) is 9.54.